The normalized spacial score (nSPS) is 11.2. The first kappa shape index (κ1) is 18.6. The number of pyridine rings is 1. The zero-order valence-electron chi connectivity index (χ0n) is 14.6. The van der Waals surface area contributed by atoms with E-state index >= 15 is 0 Å². The van der Waals surface area contributed by atoms with E-state index in [-0.39, 0.29) is 18.3 Å². The minimum atomic E-state index is -0.327. The standard InChI is InChI=1S/C18H18N6O2S/c1-13(15-9-5-6-10-19-15)21-22-17-20-18(24-23-17)27-12-16(25)26-11-14-7-3-2-4-8-14/h2-10H,11-12H2,1H3,(H2,20,22,23,24)/b21-13+. The van der Waals surface area contributed by atoms with E-state index in [0.29, 0.717) is 16.8 Å². The van der Waals surface area contributed by atoms with Crippen LogP contribution >= 0.6 is 11.8 Å². The predicted molar refractivity (Wildman–Crippen MR) is 103 cm³/mol. The predicted octanol–water partition coefficient (Wildman–Crippen LogP) is 2.87. The van der Waals surface area contributed by atoms with Crippen LogP contribution < -0.4 is 5.43 Å². The fourth-order valence-electron chi connectivity index (χ4n) is 2.04. The summed E-state index contributed by atoms with van der Waals surface area (Å²) in [6.07, 6.45) is 1.70. The average molecular weight is 382 g/mol. The van der Waals surface area contributed by atoms with Crippen molar-refractivity contribution >= 4 is 29.4 Å². The fourth-order valence-corrected chi connectivity index (χ4v) is 2.63. The minimum Gasteiger partial charge on any atom is -0.460 e. The summed E-state index contributed by atoms with van der Waals surface area (Å²) < 4.78 is 5.21. The van der Waals surface area contributed by atoms with Crippen molar-refractivity contribution in [3.8, 4) is 0 Å². The second-order valence-corrected chi connectivity index (χ2v) is 6.37. The molecule has 0 unspecified atom stereocenters. The maximum absolute atomic E-state index is 11.8. The third kappa shape index (κ3) is 5.93. The molecule has 0 saturated heterocycles. The quantitative estimate of drug-likeness (QED) is 0.267. The topological polar surface area (TPSA) is 105 Å². The van der Waals surface area contributed by atoms with Crippen molar-refractivity contribution in [2.75, 3.05) is 11.2 Å². The molecule has 0 bridgehead atoms. The lowest BCUT2D eigenvalue weighted by atomic mass is 10.2. The molecule has 0 fully saturated rings. The van der Waals surface area contributed by atoms with Gasteiger partial charge in [-0.05, 0) is 24.6 Å². The molecule has 0 aliphatic carbocycles. The smallest absolute Gasteiger partial charge is 0.316 e. The number of aromatic amines is 1. The molecule has 9 heteroatoms. The summed E-state index contributed by atoms with van der Waals surface area (Å²) in [5, 5.41) is 11.4. The Bertz CT molecular complexity index is 898. The molecule has 3 aromatic rings. The first-order valence-electron chi connectivity index (χ1n) is 8.17. The van der Waals surface area contributed by atoms with E-state index in [9.17, 15) is 4.79 Å². The Kier molecular flexibility index (Phi) is 6.53. The third-order valence-corrected chi connectivity index (χ3v) is 4.21. The Morgan fingerprint density at radius 2 is 2.04 bits per heavy atom. The number of thioether (sulfide) groups is 1. The van der Waals surface area contributed by atoms with E-state index in [2.05, 4.69) is 30.7 Å². The van der Waals surface area contributed by atoms with E-state index in [1.807, 2.05) is 55.5 Å². The van der Waals surface area contributed by atoms with Crippen molar-refractivity contribution in [1.29, 1.82) is 0 Å². The molecule has 3 rings (SSSR count). The number of hydrogen-bond donors (Lipinski definition) is 2. The third-order valence-electron chi connectivity index (χ3n) is 3.39. The van der Waals surface area contributed by atoms with Crippen molar-refractivity contribution in [2.24, 2.45) is 5.10 Å². The van der Waals surface area contributed by atoms with Crippen LogP contribution in [0.25, 0.3) is 0 Å². The summed E-state index contributed by atoms with van der Waals surface area (Å²) in [5.41, 5.74) is 5.21. The van der Waals surface area contributed by atoms with E-state index < -0.39 is 0 Å². The molecule has 2 heterocycles. The summed E-state index contributed by atoms with van der Waals surface area (Å²) >= 11 is 1.19. The van der Waals surface area contributed by atoms with Gasteiger partial charge in [0, 0.05) is 6.20 Å². The van der Waals surface area contributed by atoms with E-state index in [1.165, 1.54) is 11.8 Å². The molecular weight excluding hydrogens is 364 g/mol. The summed E-state index contributed by atoms with van der Waals surface area (Å²) in [7, 11) is 0. The number of hydrazone groups is 1. The molecule has 27 heavy (non-hydrogen) atoms. The SMILES string of the molecule is C/C(=N\Nc1nc(SCC(=O)OCc2ccccc2)n[nH]1)c1ccccn1. The number of anilines is 1. The molecule has 0 saturated carbocycles. The summed E-state index contributed by atoms with van der Waals surface area (Å²) in [5.74, 6) is 0.179. The van der Waals surface area contributed by atoms with Crippen LogP contribution in [0.4, 0.5) is 5.95 Å². The van der Waals surface area contributed by atoms with Crippen LogP contribution in [-0.4, -0.2) is 37.6 Å². The molecule has 0 amide bonds. The van der Waals surface area contributed by atoms with Crippen molar-refractivity contribution in [1.82, 2.24) is 20.2 Å². The monoisotopic (exact) mass is 382 g/mol. The molecule has 2 aromatic heterocycles. The van der Waals surface area contributed by atoms with Gasteiger partial charge in [-0.2, -0.15) is 10.1 Å². The zero-order chi connectivity index (χ0) is 18.9. The highest BCUT2D eigenvalue weighted by Gasteiger charge is 2.09. The first-order chi connectivity index (χ1) is 13.2. The van der Waals surface area contributed by atoms with Crippen LogP contribution in [-0.2, 0) is 16.1 Å². The maximum atomic E-state index is 11.8. The van der Waals surface area contributed by atoms with E-state index in [0.717, 1.165) is 11.3 Å². The Labute approximate surface area is 160 Å². The van der Waals surface area contributed by atoms with E-state index in [1.54, 1.807) is 6.20 Å². The molecule has 0 aliphatic heterocycles. The fraction of sp³-hybridized carbons (Fsp3) is 0.167. The van der Waals surface area contributed by atoms with Crippen molar-refractivity contribution in [2.45, 2.75) is 18.7 Å². The molecule has 0 atom stereocenters. The highest BCUT2D eigenvalue weighted by Crippen LogP contribution is 2.14. The highest BCUT2D eigenvalue weighted by atomic mass is 32.2. The Balaban J connectivity index is 1.44. The summed E-state index contributed by atoms with van der Waals surface area (Å²) in [6, 6.07) is 15.1. The number of rotatable bonds is 8. The van der Waals surface area contributed by atoms with Gasteiger partial charge in [0.15, 0.2) is 0 Å². The first-order valence-corrected chi connectivity index (χ1v) is 9.16. The Morgan fingerprint density at radius 3 is 2.81 bits per heavy atom. The van der Waals surface area contributed by atoms with Crippen LogP contribution in [0.2, 0.25) is 0 Å². The van der Waals surface area contributed by atoms with Gasteiger partial charge >= 0.3 is 5.97 Å². The number of carbonyl (C=O) groups excluding carboxylic acids is 1. The molecular formula is C18H18N6O2S. The lowest BCUT2D eigenvalue weighted by molar-refractivity contribution is -0.141. The lowest BCUT2D eigenvalue weighted by Crippen LogP contribution is -2.07. The molecule has 2 N–H and O–H groups in total. The van der Waals surface area contributed by atoms with Gasteiger partial charge in [-0.3, -0.25) is 9.78 Å². The number of esters is 1. The number of benzene rings is 1. The van der Waals surface area contributed by atoms with Crippen LogP contribution in [0.1, 0.15) is 18.2 Å². The minimum absolute atomic E-state index is 0.125. The van der Waals surface area contributed by atoms with Crippen LogP contribution in [0.5, 0.6) is 0 Å². The maximum Gasteiger partial charge on any atom is 0.316 e. The number of nitrogens with one attached hydrogen (secondary N) is 2. The van der Waals surface area contributed by atoms with Gasteiger partial charge in [-0.1, -0.05) is 48.2 Å². The second-order valence-electron chi connectivity index (χ2n) is 5.43. The number of aromatic nitrogens is 4. The number of ether oxygens (including phenoxy) is 1. The number of nitrogens with zero attached hydrogens (tertiary/aromatic N) is 4. The van der Waals surface area contributed by atoms with Crippen LogP contribution in [0, 0.1) is 0 Å². The molecule has 0 radical (unpaired) electrons. The highest BCUT2D eigenvalue weighted by molar-refractivity contribution is 7.99. The van der Waals surface area contributed by atoms with Crippen LogP contribution in [0.3, 0.4) is 0 Å². The van der Waals surface area contributed by atoms with Gasteiger partial charge in [-0.25, -0.2) is 10.5 Å². The van der Waals surface area contributed by atoms with Gasteiger partial charge in [0.25, 0.3) is 0 Å². The van der Waals surface area contributed by atoms with Gasteiger partial charge in [0.1, 0.15) is 6.61 Å². The van der Waals surface area contributed by atoms with Gasteiger partial charge < -0.3 is 4.74 Å². The van der Waals surface area contributed by atoms with Gasteiger partial charge in [0.2, 0.25) is 11.1 Å². The largest absolute Gasteiger partial charge is 0.460 e. The Hall–Kier alpha value is -3.20. The molecule has 138 valence electrons. The zero-order valence-corrected chi connectivity index (χ0v) is 15.4. The molecule has 0 spiro atoms. The molecule has 8 nitrogen and oxygen atoms in total. The van der Waals surface area contributed by atoms with Gasteiger partial charge in [0.05, 0.1) is 17.2 Å². The molecule has 0 aliphatic rings. The lowest BCUT2D eigenvalue weighted by Gasteiger charge is -2.03. The second kappa shape index (κ2) is 9.48. The van der Waals surface area contributed by atoms with E-state index in [4.69, 9.17) is 4.74 Å². The average Bonchev–Trinajstić information content (AvgIpc) is 3.18. The summed E-state index contributed by atoms with van der Waals surface area (Å²) in [4.78, 5) is 20.2. The van der Waals surface area contributed by atoms with Crippen molar-refractivity contribution in [3.63, 3.8) is 0 Å². The number of hydrogen-bond acceptors (Lipinski definition) is 8. The number of H-pyrrole nitrogens is 1. The Morgan fingerprint density at radius 1 is 1.22 bits per heavy atom. The van der Waals surface area contributed by atoms with Gasteiger partial charge in [-0.15, -0.1) is 5.10 Å². The van der Waals surface area contributed by atoms with Crippen molar-refractivity contribution in [3.05, 3.63) is 66.0 Å². The van der Waals surface area contributed by atoms with Crippen LogP contribution in [0.15, 0.2) is 65.0 Å². The number of carbonyl (C=O) groups is 1. The summed E-state index contributed by atoms with van der Waals surface area (Å²) in [6.45, 7) is 2.09. The van der Waals surface area contributed by atoms with Crippen molar-refractivity contribution < 1.29 is 9.53 Å². The molecule has 1 aromatic carbocycles.